The monoisotopic (exact) mass is 491 g/mol. The number of sulfonamides is 1. The summed E-state index contributed by atoms with van der Waals surface area (Å²) in [7, 11) is -5.46. The number of sulfone groups is 1. The van der Waals surface area contributed by atoms with Crippen LogP contribution in [0.25, 0.3) is 0 Å². The van der Waals surface area contributed by atoms with Crippen LogP contribution >= 0.6 is 0 Å². The first-order chi connectivity index (χ1) is 15.6. The van der Waals surface area contributed by atoms with Gasteiger partial charge in [-0.1, -0.05) is 24.3 Å². The molecule has 8 nitrogen and oxygen atoms in total. The Morgan fingerprint density at radius 1 is 1.12 bits per heavy atom. The SMILES string of the molecule is CN(Cc1ccccc1N1CCCC1)C(=O)c1cccc(S(=O)(=O)NC2CCS(=O)(=O)C2)c1. The van der Waals surface area contributed by atoms with Gasteiger partial charge in [0.2, 0.25) is 10.0 Å². The van der Waals surface area contributed by atoms with E-state index in [0.717, 1.165) is 37.2 Å². The zero-order valence-electron chi connectivity index (χ0n) is 18.6. The summed E-state index contributed by atoms with van der Waals surface area (Å²) in [4.78, 5) is 17.0. The fraction of sp³-hybridized carbons (Fsp3) is 0.435. The minimum Gasteiger partial charge on any atom is -0.371 e. The highest BCUT2D eigenvalue weighted by Gasteiger charge is 2.31. The zero-order valence-corrected chi connectivity index (χ0v) is 20.2. The molecule has 2 aliphatic heterocycles. The molecule has 0 aromatic heterocycles. The van der Waals surface area contributed by atoms with Crippen molar-refractivity contribution in [2.45, 2.75) is 36.7 Å². The van der Waals surface area contributed by atoms with Crippen molar-refractivity contribution in [3.63, 3.8) is 0 Å². The molecule has 1 atom stereocenters. The molecule has 2 aliphatic rings. The number of para-hydroxylation sites is 1. The third-order valence-corrected chi connectivity index (χ3v) is 9.42. The van der Waals surface area contributed by atoms with E-state index in [1.807, 2.05) is 18.2 Å². The highest BCUT2D eigenvalue weighted by atomic mass is 32.2. The number of carbonyl (C=O) groups is 1. The second-order valence-electron chi connectivity index (χ2n) is 8.73. The lowest BCUT2D eigenvalue weighted by molar-refractivity contribution is 0.0785. The van der Waals surface area contributed by atoms with Gasteiger partial charge in [0.25, 0.3) is 5.91 Å². The van der Waals surface area contributed by atoms with Gasteiger partial charge in [0.15, 0.2) is 9.84 Å². The van der Waals surface area contributed by atoms with Crippen LogP contribution in [0.15, 0.2) is 53.4 Å². The van der Waals surface area contributed by atoms with Crippen molar-refractivity contribution < 1.29 is 21.6 Å². The molecule has 1 amide bonds. The second kappa shape index (κ2) is 9.44. The summed E-state index contributed by atoms with van der Waals surface area (Å²) in [6.45, 7) is 2.41. The Morgan fingerprint density at radius 2 is 1.85 bits per heavy atom. The number of benzene rings is 2. The van der Waals surface area contributed by atoms with E-state index in [4.69, 9.17) is 0 Å². The van der Waals surface area contributed by atoms with Crippen molar-refractivity contribution >= 4 is 31.5 Å². The van der Waals surface area contributed by atoms with E-state index in [9.17, 15) is 21.6 Å². The first kappa shape index (κ1) is 23.7. The maximum absolute atomic E-state index is 13.1. The Hall–Kier alpha value is -2.43. The lowest BCUT2D eigenvalue weighted by atomic mass is 10.1. The van der Waals surface area contributed by atoms with E-state index in [1.165, 1.54) is 18.2 Å². The average Bonchev–Trinajstić information content (AvgIpc) is 3.43. The van der Waals surface area contributed by atoms with Crippen molar-refractivity contribution in [1.29, 1.82) is 0 Å². The highest BCUT2D eigenvalue weighted by molar-refractivity contribution is 7.92. The largest absolute Gasteiger partial charge is 0.371 e. The van der Waals surface area contributed by atoms with Gasteiger partial charge in [0.05, 0.1) is 16.4 Å². The lowest BCUT2D eigenvalue weighted by Gasteiger charge is -2.24. The highest BCUT2D eigenvalue weighted by Crippen LogP contribution is 2.26. The van der Waals surface area contributed by atoms with Gasteiger partial charge in [-0.05, 0) is 49.1 Å². The Kier molecular flexibility index (Phi) is 6.78. The van der Waals surface area contributed by atoms with Gasteiger partial charge in [0.1, 0.15) is 0 Å². The molecule has 1 N–H and O–H groups in total. The molecule has 2 saturated heterocycles. The molecule has 4 rings (SSSR count). The molecule has 2 aromatic rings. The molecular formula is C23H29N3O5S2. The number of carbonyl (C=O) groups excluding carboxylic acids is 1. The lowest BCUT2D eigenvalue weighted by Crippen LogP contribution is -2.35. The van der Waals surface area contributed by atoms with E-state index in [0.29, 0.717) is 6.54 Å². The molecule has 0 radical (unpaired) electrons. The molecule has 33 heavy (non-hydrogen) atoms. The van der Waals surface area contributed by atoms with Crippen LogP contribution in [-0.4, -0.2) is 65.3 Å². The standard InChI is InChI=1S/C23H29N3O5S2/c1-25(16-19-7-2-3-10-22(19)26-12-4-5-13-26)23(27)18-8-6-9-21(15-18)33(30,31)24-20-11-14-32(28,29)17-20/h2-3,6-10,15,20,24H,4-5,11-14,16-17H2,1H3. The van der Waals surface area contributed by atoms with Crippen LogP contribution in [0.3, 0.4) is 0 Å². The van der Waals surface area contributed by atoms with E-state index in [2.05, 4.69) is 15.7 Å². The van der Waals surface area contributed by atoms with E-state index < -0.39 is 25.9 Å². The van der Waals surface area contributed by atoms with Gasteiger partial charge in [-0.15, -0.1) is 0 Å². The molecule has 0 spiro atoms. The van der Waals surface area contributed by atoms with Gasteiger partial charge in [-0.2, -0.15) is 0 Å². The van der Waals surface area contributed by atoms with Crippen molar-refractivity contribution in [3.8, 4) is 0 Å². The molecule has 2 aromatic carbocycles. The average molecular weight is 492 g/mol. The molecule has 2 heterocycles. The second-order valence-corrected chi connectivity index (χ2v) is 12.7. The van der Waals surface area contributed by atoms with Crippen molar-refractivity contribution in [3.05, 3.63) is 59.7 Å². The number of amides is 1. The molecule has 178 valence electrons. The van der Waals surface area contributed by atoms with Crippen LogP contribution in [-0.2, 0) is 26.4 Å². The number of nitrogens with zero attached hydrogens (tertiary/aromatic N) is 2. The summed E-state index contributed by atoms with van der Waals surface area (Å²) in [5.41, 5.74) is 2.43. The molecule has 0 saturated carbocycles. The van der Waals surface area contributed by atoms with Gasteiger partial charge in [-0.25, -0.2) is 21.6 Å². The van der Waals surface area contributed by atoms with Crippen LogP contribution < -0.4 is 9.62 Å². The van der Waals surface area contributed by atoms with E-state index >= 15 is 0 Å². The van der Waals surface area contributed by atoms with E-state index in [1.54, 1.807) is 18.0 Å². The minimum absolute atomic E-state index is 0.0254. The Balaban J connectivity index is 1.49. The maximum atomic E-state index is 13.1. The first-order valence-corrected chi connectivity index (χ1v) is 14.4. The molecule has 1 unspecified atom stereocenters. The smallest absolute Gasteiger partial charge is 0.253 e. The normalized spacial score (nSPS) is 20.2. The molecule has 2 fully saturated rings. The number of anilines is 1. The van der Waals surface area contributed by atoms with Gasteiger partial charge < -0.3 is 9.80 Å². The van der Waals surface area contributed by atoms with Crippen molar-refractivity contribution in [2.24, 2.45) is 0 Å². The number of rotatable bonds is 7. The van der Waals surface area contributed by atoms with Crippen LogP contribution in [0, 0.1) is 0 Å². The van der Waals surface area contributed by atoms with Gasteiger partial charge in [0, 0.05) is 44.0 Å². The summed E-state index contributed by atoms with van der Waals surface area (Å²) in [6.07, 6.45) is 2.57. The number of hydrogen-bond acceptors (Lipinski definition) is 6. The fourth-order valence-corrected chi connectivity index (χ4v) is 7.53. The van der Waals surface area contributed by atoms with Crippen molar-refractivity contribution in [1.82, 2.24) is 9.62 Å². The van der Waals surface area contributed by atoms with Crippen LogP contribution in [0.4, 0.5) is 5.69 Å². The van der Waals surface area contributed by atoms with Crippen molar-refractivity contribution in [2.75, 3.05) is 36.5 Å². The summed E-state index contributed by atoms with van der Waals surface area (Å²) in [6, 6.07) is 13.2. The Labute approximate surface area is 195 Å². The summed E-state index contributed by atoms with van der Waals surface area (Å²) < 4.78 is 51.3. The van der Waals surface area contributed by atoms with Crippen LogP contribution in [0.1, 0.15) is 35.2 Å². The number of hydrogen-bond donors (Lipinski definition) is 1. The quantitative estimate of drug-likeness (QED) is 0.636. The van der Waals surface area contributed by atoms with Gasteiger partial charge >= 0.3 is 0 Å². The molecule has 10 heteroatoms. The summed E-state index contributed by atoms with van der Waals surface area (Å²) in [5.74, 6) is -0.515. The van der Waals surface area contributed by atoms with Gasteiger partial charge in [-0.3, -0.25) is 4.79 Å². The third kappa shape index (κ3) is 5.56. The number of nitrogens with one attached hydrogen (secondary N) is 1. The third-order valence-electron chi connectivity index (χ3n) is 6.14. The zero-order chi connectivity index (χ0) is 23.6. The Morgan fingerprint density at radius 3 is 2.55 bits per heavy atom. The van der Waals surface area contributed by atoms with Crippen LogP contribution in [0.5, 0.6) is 0 Å². The predicted molar refractivity (Wildman–Crippen MR) is 128 cm³/mol. The molecule has 0 bridgehead atoms. The molecular weight excluding hydrogens is 462 g/mol. The topological polar surface area (TPSA) is 104 Å². The minimum atomic E-state index is -3.94. The fourth-order valence-electron chi connectivity index (χ4n) is 4.43. The molecule has 0 aliphatic carbocycles. The first-order valence-electron chi connectivity index (χ1n) is 11.1. The van der Waals surface area contributed by atoms with Crippen LogP contribution in [0.2, 0.25) is 0 Å². The van der Waals surface area contributed by atoms with E-state index in [-0.39, 0.29) is 34.3 Å². The Bertz CT molecular complexity index is 1240. The summed E-state index contributed by atoms with van der Waals surface area (Å²) >= 11 is 0. The maximum Gasteiger partial charge on any atom is 0.253 e. The summed E-state index contributed by atoms with van der Waals surface area (Å²) in [5, 5.41) is 0. The predicted octanol–water partition coefficient (Wildman–Crippen LogP) is 2.02.